The van der Waals surface area contributed by atoms with Crippen LogP contribution in [0.5, 0.6) is 5.75 Å². The van der Waals surface area contributed by atoms with Gasteiger partial charge in [0.25, 0.3) is 5.91 Å². The summed E-state index contributed by atoms with van der Waals surface area (Å²) >= 11 is 0. The van der Waals surface area contributed by atoms with Crippen LogP contribution in [0.1, 0.15) is 13.8 Å². The van der Waals surface area contributed by atoms with Gasteiger partial charge in [0.1, 0.15) is 24.2 Å². The zero-order valence-corrected chi connectivity index (χ0v) is 16.3. The van der Waals surface area contributed by atoms with E-state index in [2.05, 4.69) is 28.1 Å². The van der Waals surface area contributed by atoms with E-state index in [9.17, 15) is 9.18 Å². The fraction of sp³-hybridized carbons (Fsp3) is 0.333. The molecule has 3 aliphatic heterocycles. The number of nitrogens with zero attached hydrogens (tertiary/aromatic N) is 2. The van der Waals surface area contributed by atoms with Crippen molar-refractivity contribution in [1.82, 2.24) is 10.7 Å². The molecule has 0 spiro atoms. The minimum absolute atomic E-state index is 0.133. The van der Waals surface area contributed by atoms with Gasteiger partial charge in [0.2, 0.25) is 0 Å². The first-order valence-electron chi connectivity index (χ1n) is 9.65. The van der Waals surface area contributed by atoms with Crippen LogP contribution in [0.15, 0.2) is 41.5 Å². The summed E-state index contributed by atoms with van der Waals surface area (Å²) in [6.07, 6.45) is 0. The fourth-order valence-corrected chi connectivity index (χ4v) is 3.99. The van der Waals surface area contributed by atoms with Crippen molar-refractivity contribution in [3.05, 3.63) is 42.2 Å². The summed E-state index contributed by atoms with van der Waals surface area (Å²) in [7, 11) is 0. The predicted octanol–water partition coefficient (Wildman–Crippen LogP) is 2.30. The summed E-state index contributed by atoms with van der Waals surface area (Å²) < 4.78 is 20.6. The van der Waals surface area contributed by atoms with E-state index in [1.165, 1.54) is 6.07 Å². The number of nitrogens with one attached hydrogen (secondary N) is 3. The monoisotopic (exact) mass is 395 g/mol. The van der Waals surface area contributed by atoms with Crippen LogP contribution in [-0.2, 0) is 4.79 Å². The van der Waals surface area contributed by atoms with Crippen LogP contribution in [0, 0.1) is 5.82 Å². The number of hydrogen-bond acceptors (Lipinski definition) is 6. The smallest absolute Gasteiger partial charge is 0.262 e. The minimum Gasteiger partial charge on any atom is -0.483 e. The number of carbonyl (C=O) groups is 1. The van der Waals surface area contributed by atoms with Crippen molar-refractivity contribution >= 4 is 23.1 Å². The maximum Gasteiger partial charge on any atom is 0.262 e. The van der Waals surface area contributed by atoms with Crippen LogP contribution in [-0.4, -0.2) is 43.0 Å². The number of anilines is 2. The lowest BCUT2D eigenvalue weighted by molar-refractivity contribution is -0.122. The molecule has 0 saturated carbocycles. The predicted molar refractivity (Wildman–Crippen MR) is 110 cm³/mol. The van der Waals surface area contributed by atoms with Gasteiger partial charge in [0.15, 0.2) is 5.84 Å². The molecule has 1 atom stereocenters. The van der Waals surface area contributed by atoms with E-state index in [1.54, 1.807) is 12.1 Å². The van der Waals surface area contributed by atoms with Crippen LogP contribution in [0.25, 0.3) is 11.1 Å². The Labute approximate surface area is 167 Å². The van der Waals surface area contributed by atoms with Gasteiger partial charge in [-0.05, 0) is 32.0 Å². The van der Waals surface area contributed by atoms with E-state index >= 15 is 0 Å². The van der Waals surface area contributed by atoms with E-state index in [4.69, 9.17) is 4.74 Å². The van der Waals surface area contributed by atoms with E-state index in [0.29, 0.717) is 17.1 Å². The Morgan fingerprint density at radius 3 is 2.79 bits per heavy atom. The SMILES string of the molecule is CC1C(=O)NN=C2COc3cc(-c4ccccc4F)c(NC4(C)CNC4)cc3N21. The third-order valence-corrected chi connectivity index (χ3v) is 5.69. The van der Waals surface area contributed by atoms with E-state index in [1.807, 2.05) is 30.0 Å². The summed E-state index contributed by atoms with van der Waals surface area (Å²) in [5.74, 6) is 0.775. The number of amidine groups is 1. The Balaban J connectivity index is 1.67. The largest absolute Gasteiger partial charge is 0.483 e. The number of hydrogen-bond donors (Lipinski definition) is 3. The van der Waals surface area contributed by atoms with Crippen molar-refractivity contribution in [2.24, 2.45) is 5.10 Å². The zero-order chi connectivity index (χ0) is 20.2. The summed E-state index contributed by atoms with van der Waals surface area (Å²) in [5.41, 5.74) is 5.16. The van der Waals surface area contributed by atoms with Gasteiger partial charge < -0.3 is 20.3 Å². The van der Waals surface area contributed by atoms with Crippen LogP contribution in [0.3, 0.4) is 0 Å². The van der Waals surface area contributed by atoms with Gasteiger partial charge >= 0.3 is 0 Å². The third kappa shape index (κ3) is 2.91. The maximum absolute atomic E-state index is 14.6. The van der Waals surface area contributed by atoms with Crippen LogP contribution < -0.4 is 25.7 Å². The molecular weight excluding hydrogens is 373 g/mol. The molecule has 3 N–H and O–H groups in total. The lowest BCUT2D eigenvalue weighted by Crippen LogP contribution is -2.62. The second kappa shape index (κ2) is 6.45. The Morgan fingerprint density at radius 1 is 1.28 bits per heavy atom. The standard InChI is InChI=1S/C21H22FN5O2/c1-12-20(28)26-25-19-9-29-18-7-14(13-5-3-4-6-15(13)22)16(8-17(18)27(12)19)24-21(2)10-23-11-21/h3-8,12,23-24H,9-11H2,1-2H3,(H,26,28). The molecule has 0 aromatic heterocycles. The first-order chi connectivity index (χ1) is 14.0. The Bertz CT molecular complexity index is 1030. The zero-order valence-electron chi connectivity index (χ0n) is 16.3. The molecule has 2 aromatic rings. The molecule has 1 saturated heterocycles. The molecule has 150 valence electrons. The highest BCUT2D eigenvalue weighted by atomic mass is 19.1. The van der Waals surface area contributed by atoms with E-state index in [0.717, 1.165) is 30.0 Å². The van der Waals surface area contributed by atoms with E-state index in [-0.39, 0.29) is 23.9 Å². The molecule has 29 heavy (non-hydrogen) atoms. The van der Waals surface area contributed by atoms with Gasteiger partial charge in [-0.3, -0.25) is 4.79 Å². The highest BCUT2D eigenvalue weighted by Gasteiger charge is 2.37. The highest BCUT2D eigenvalue weighted by molar-refractivity contribution is 6.10. The van der Waals surface area contributed by atoms with Crippen molar-refractivity contribution in [2.45, 2.75) is 25.4 Å². The average Bonchev–Trinajstić information content (AvgIpc) is 2.69. The van der Waals surface area contributed by atoms with Gasteiger partial charge in [-0.1, -0.05) is 18.2 Å². The lowest BCUT2D eigenvalue weighted by Gasteiger charge is -2.42. The molecular formula is C21H22FN5O2. The number of ether oxygens (including phenoxy) is 1. The molecule has 3 heterocycles. The molecule has 5 rings (SSSR count). The Morgan fingerprint density at radius 2 is 2.07 bits per heavy atom. The topological polar surface area (TPSA) is 78.0 Å². The van der Waals surface area contributed by atoms with E-state index < -0.39 is 6.04 Å². The fourth-order valence-electron chi connectivity index (χ4n) is 3.99. The quantitative estimate of drug-likeness (QED) is 0.743. The molecule has 0 aliphatic carbocycles. The summed E-state index contributed by atoms with van der Waals surface area (Å²) in [6.45, 7) is 5.81. The number of fused-ring (bicyclic) bond motifs is 3. The molecule has 8 heteroatoms. The molecule has 0 radical (unpaired) electrons. The van der Waals surface area contributed by atoms with Crippen molar-refractivity contribution in [3.8, 4) is 16.9 Å². The van der Waals surface area contributed by atoms with Crippen molar-refractivity contribution in [3.63, 3.8) is 0 Å². The second-order valence-electron chi connectivity index (χ2n) is 7.97. The molecule has 1 amide bonds. The summed E-state index contributed by atoms with van der Waals surface area (Å²) in [4.78, 5) is 14.1. The third-order valence-electron chi connectivity index (χ3n) is 5.69. The number of amides is 1. The molecule has 1 unspecified atom stereocenters. The van der Waals surface area contributed by atoms with Crippen molar-refractivity contribution in [2.75, 3.05) is 29.9 Å². The van der Waals surface area contributed by atoms with Crippen LogP contribution in [0.2, 0.25) is 0 Å². The summed E-state index contributed by atoms with van der Waals surface area (Å²) in [5, 5.41) is 11.0. The number of carbonyl (C=O) groups excluding carboxylic acids is 1. The number of hydrazone groups is 1. The number of halogens is 1. The van der Waals surface area contributed by atoms with Gasteiger partial charge in [-0.2, -0.15) is 5.10 Å². The van der Waals surface area contributed by atoms with Crippen molar-refractivity contribution < 1.29 is 13.9 Å². The molecule has 7 nitrogen and oxygen atoms in total. The average molecular weight is 395 g/mol. The Hall–Kier alpha value is -3.13. The number of benzene rings is 2. The van der Waals surface area contributed by atoms with Gasteiger partial charge in [0, 0.05) is 29.9 Å². The van der Waals surface area contributed by atoms with Gasteiger partial charge in [0.05, 0.1) is 11.2 Å². The Kier molecular flexibility index (Phi) is 3.99. The number of rotatable bonds is 3. The molecule has 3 aliphatic rings. The minimum atomic E-state index is -0.418. The summed E-state index contributed by atoms with van der Waals surface area (Å²) in [6, 6.07) is 10.1. The van der Waals surface area contributed by atoms with Crippen LogP contribution >= 0.6 is 0 Å². The maximum atomic E-state index is 14.6. The van der Waals surface area contributed by atoms with Gasteiger partial charge in [-0.25, -0.2) is 9.82 Å². The second-order valence-corrected chi connectivity index (χ2v) is 7.97. The lowest BCUT2D eigenvalue weighted by atomic mass is 9.92. The first-order valence-corrected chi connectivity index (χ1v) is 9.65. The van der Waals surface area contributed by atoms with Crippen molar-refractivity contribution in [1.29, 1.82) is 0 Å². The first kappa shape index (κ1) is 17.9. The normalized spacial score (nSPS) is 21.8. The van der Waals surface area contributed by atoms with Gasteiger partial charge in [-0.15, -0.1) is 0 Å². The molecule has 2 aromatic carbocycles. The highest BCUT2D eigenvalue weighted by Crippen LogP contribution is 2.44. The molecule has 0 bridgehead atoms. The molecule has 1 fully saturated rings. The van der Waals surface area contributed by atoms with Crippen LogP contribution in [0.4, 0.5) is 15.8 Å².